The van der Waals surface area contributed by atoms with Gasteiger partial charge in [0.2, 0.25) is 0 Å². The number of aromatic amines is 1. The van der Waals surface area contributed by atoms with Crippen molar-refractivity contribution in [3.8, 4) is 0 Å². The van der Waals surface area contributed by atoms with Gasteiger partial charge in [-0.05, 0) is 19.8 Å². The van der Waals surface area contributed by atoms with Crippen LogP contribution in [-0.4, -0.2) is 22.6 Å². The smallest absolute Gasteiger partial charge is 0.271 e. The lowest BCUT2D eigenvalue weighted by molar-refractivity contribution is 0.589. The Morgan fingerprint density at radius 1 is 1.53 bits per heavy atom. The van der Waals surface area contributed by atoms with Gasteiger partial charge in [0.25, 0.3) is 5.56 Å². The summed E-state index contributed by atoms with van der Waals surface area (Å²) < 4.78 is 0. The standard InChI is InChI=1S/C12H20ClN3O/c1-4-6-7-16(9(3)5-2)11-10(13)12(17)15-8-14-11/h8-9H,4-7H2,1-3H3,(H,14,15,17). The molecule has 0 aromatic carbocycles. The molecule has 1 rings (SSSR count). The maximum Gasteiger partial charge on any atom is 0.271 e. The number of hydrogen-bond acceptors (Lipinski definition) is 3. The first-order valence-electron chi connectivity index (χ1n) is 6.11. The van der Waals surface area contributed by atoms with Crippen LogP contribution in [0.1, 0.15) is 40.0 Å². The number of rotatable bonds is 6. The van der Waals surface area contributed by atoms with Gasteiger partial charge in [-0.1, -0.05) is 31.9 Å². The van der Waals surface area contributed by atoms with Gasteiger partial charge in [-0.25, -0.2) is 4.98 Å². The van der Waals surface area contributed by atoms with Crippen LogP contribution in [0, 0.1) is 0 Å². The minimum absolute atomic E-state index is 0.184. The molecule has 0 saturated carbocycles. The molecule has 1 aromatic heterocycles. The van der Waals surface area contributed by atoms with Crippen molar-refractivity contribution in [1.29, 1.82) is 0 Å². The van der Waals surface area contributed by atoms with Crippen molar-refractivity contribution in [3.63, 3.8) is 0 Å². The fraction of sp³-hybridized carbons (Fsp3) is 0.667. The number of anilines is 1. The molecule has 0 spiro atoms. The second-order valence-electron chi connectivity index (χ2n) is 4.17. The Morgan fingerprint density at radius 2 is 2.24 bits per heavy atom. The molecule has 0 amide bonds. The Hall–Kier alpha value is -1.03. The van der Waals surface area contributed by atoms with E-state index in [4.69, 9.17) is 11.6 Å². The van der Waals surface area contributed by atoms with Gasteiger partial charge in [-0.15, -0.1) is 0 Å². The molecule has 0 radical (unpaired) electrons. The van der Waals surface area contributed by atoms with Crippen LogP contribution in [0.3, 0.4) is 0 Å². The molecule has 0 aliphatic carbocycles. The van der Waals surface area contributed by atoms with Crippen molar-refractivity contribution in [1.82, 2.24) is 9.97 Å². The first kappa shape index (κ1) is 14.0. The van der Waals surface area contributed by atoms with E-state index in [0.29, 0.717) is 11.9 Å². The molecule has 5 heteroatoms. The van der Waals surface area contributed by atoms with E-state index < -0.39 is 0 Å². The van der Waals surface area contributed by atoms with E-state index in [1.165, 1.54) is 6.33 Å². The summed E-state index contributed by atoms with van der Waals surface area (Å²) in [5.74, 6) is 0.596. The Labute approximate surface area is 107 Å². The van der Waals surface area contributed by atoms with E-state index in [1.54, 1.807) is 0 Å². The van der Waals surface area contributed by atoms with Crippen LogP contribution < -0.4 is 10.5 Å². The molecule has 0 aliphatic heterocycles. The van der Waals surface area contributed by atoms with Gasteiger partial charge in [0.05, 0.1) is 6.33 Å². The molecule has 1 aromatic rings. The molecule has 4 nitrogen and oxygen atoms in total. The Morgan fingerprint density at radius 3 is 2.82 bits per heavy atom. The highest BCUT2D eigenvalue weighted by Gasteiger charge is 2.18. The van der Waals surface area contributed by atoms with Gasteiger partial charge in [0.1, 0.15) is 5.02 Å². The highest BCUT2D eigenvalue weighted by Crippen LogP contribution is 2.22. The zero-order chi connectivity index (χ0) is 12.8. The van der Waals surface area contributed by atoms with Gasteiger partial charge in [-0.3, -0.25) is 4.79 Å². The largest absolute Gasteiger partial charge is 0.352 e. The molecule has 0 saturated heterocycles. The fourth-order valence-corrected chi connectivity index (χ4v) is 1.87. The van der Waals surface area contributed by atoms with E-state index in [1.807, 2.05) is 0 Å². The maximum atomic E-state index is 11.5. The molecule has 1 N–H and O–H groups in total. The summed E-state index contributed by atoms with van der Waals surface area (Å²) in [7, 11) is 0. The average Bonchev–Trinajstić information content (AvgIpc) is 2.34. The van der Waals surface area contributed by atoms with Gasteiger partial charge >= 0.3 is 0 Å². The van der Waals surface area contributed by atoms with Crippen LogP contribution in [0.25, 0.3) is 0 Å². The molecule has 1 heterocycles. The summed E-state index contributed by atoms with van der Waals surface area (Å²) in [6.45, 7) is 7.25. The summed E-state index contributed by atoms with van der Waals surface area (Å²) in [5.41, 5.74) is -0.276. The summed E-state index contributed by atoms with van der Waals surface area (Å²) in [6.07, 6.45) is 4.57. The van der Waals surface area contributed by atoms with Gasteiger partial charge in [0.15, 0.2) is 5.82 Å². The van der Waals surface area contributed by atoms with Crippen LogP contribution in [0.5, 0.6) is 0 Å². The van der Waals surface area contributed by atoms with Crippen molar-refractivity contribution in [2.45, 2.75) is 46.1 Å². The van der Waals surface area contributed by atoms with Crippen molar-refractivity contribution < 1.29 is 0 Å². The fourth-order valence-electron chi connectivity index (χ4n) is 1.66. The van der Waals surface area contributed by atoms with Crippen LogP contribution in [0.4, 0.5) is 5.82 Å². The van der Waals surface area contributed by atoms with Gasteiger partial charge in [0, 0.05) is 12.6 Å². The first-order valence-corrected chi connectivity index (χ1v) is 6.49. The summed E-state index contributed by atoms with van der Waals surface area (Å²) in [5, 5.41) is 0.184. The molecule has 17 heavy (non-hydrogen) atoms. The molecular weight excluding hydrogens is 238 g/mol. The summed E-state index contributed by atoms with van der Waals surface area (Å²) >= 11 is 6.02. The lowest BCUT2D eigenvalue weighted by atomic mass is 10.2. The van der Waals surface area contributed by atoms with Crippen LogP contribution in [-0.2, 0) is 0 Å². The van der Waals surface area contributed by atoms with Crippen molar-refractivity contribution in [3.05, 3.63) is 21.7 Å². The zero-order valence-electron chi connectivity index (χ0n) is 10.7. The van der Waals surface area contributed by atoms with E-state index in [2.05, 4.69) is 35.6 Å². The Kier molecular flexibility index (Phi) is 5.48. The monoisotopic (exact) mass is 257 g/mol. The first-order chi connectivity index (χ1) is 8.11. The van der Waals surface area contributed by atoms with E-state index in [0.717, 1.165) is 25.8 Å². The van der Waals surface area contributed by atoms with Crippen LogP contribution in [0.15, 0.2) is 11.1 Å². The molecule has 1 unspecified atom stereocenters. The van der Waals surface area contributed by atoms with Crippen LogP contribution in [0.2, 0.25) is 5.02 Å². The zero-order valence-corrected chi connectivity index (χ0v) is 11.4. The Bertz CT molecular complexity index is 405. The normalized spacial score (nSPS) is 12.5. The second-order valence-corrected chi connectivity index (χ2v) is 4.55. The molecule has 96 valence electrons. The summed E-state index contributed by atoms with van der Waals surface area (Å²) in [6, 6.07) is 0.327. The lowest BCUT2D eigenvalue weighted by Gasteiger charge is -2.29. The molecule has 0 bridgehead atoms. The SMILES string of the molecule is CCCCN(c1nc[nH]c(=O)c1Cl)C(C)CC. The summed E-state index contributed by atoms with van der Waals surface area (Å²) in [4.78, 5) is 20.3. The maximum absolute atomic E-state index is 11.5. The van der Waals surface area contributed by atoms with Crippen molar-refractivity contribution in [2.24, 2.45) is 0 Å². The van der Waals surface area contributed by atoms with Gasteiger partial charge in [-0.2, -0.15) is 0 Å². The topological polar surface area (TPSA) is 49.0 Å². The second kappa shape index (κ2) is 6.64. The molecule has 0 aliphatic rings. The van der Waals surface area contributed by atoms with Crippen molar-refractivity contribution in [2.75, 3.05) is 11.4 Å². The van der Waals surface area contributed by atoms with E-state index in [9.17, 15) is 4.79 Å². The highest BCUT2D eigenvalue weighted by molar-refractivity contribution is 6.32. The lowest BCUT2D eigenvalue weighted by Crippen LogP contribution is -2.35. The molecular formula is C12H20ClN3O. The quantitative estimate of drug-likeness (QED) is 0.853. The number of H-pyrrole nitrogens is 1. The minimum atomic E-state index is -0.276. The van der Waals surface area contributed by atoms with Crippen LogP contribution >= 0.6 is 11.6 Å². The Balaban J connectivity index is 3.03. The number of hydrogen-bond donors (Lipinski definition) is 1. The average molecular weight is 258 g/mol. The minimum Gasteiger partial charge on any atom is -0.352 e. The predicted octanol–water partition coefficient (Wildman–Crippen LogP) is 2.83. The number of nitrogens with zero attached hydrogens (tertiary/aromatic N) is 2. The van der Waals surface area contributed by atoms with E-state index >= 15 is 0 Å². The molecule has 1 atom stereocenters. The van der Waals surface area contributed by atoms with Gasteiger partial charge < -0.3 is 9.88 Å². The highest BCUT2D eigenvalue weighted by atomic mass is 35.5. The molecule has 0 fully saturated rings. The third-order valence-electron chi connectivity index (χ3n) is 2.93. The number of halogens is 1. The third-order valence-corrected chi connectivity index (χ3v) is 3.27. The predicted molar refractivity (Wildman–Crippen MR) is 71.9 cm³/mol. The third kappa shape index (κ3) is 3.46. The number of unbranched alkanes of at least 4 members (excludes halogenated alkanes) is 1. The van der Waals surface area contributed by atoms with E-state index in [-0.39, 0.29) is 10.6 Å². The number of nitrogens with one attached hydrogen (secondary N) is 1. The van der Waals surface area contributed by atoms with Crippen molar-refractivity contribution >= 4 is 17.4 Å². The number of aromatic nitrogens is 2.